The molecule has 4 nitrogen and oxygen atoms in total. The van der Waals surface area contributed by atoms with Crippen LogP contribution in [0.25, 0.3) is 66.1 Å². The van der Waals surface area contributed by atoms with Crippen LogP contribution in [0.15, 0.2) is 243 Å². The summed E-state index contributed by atoms with van der Waals surface area (Å²) in [4.78, 5) is 4.78. The van der Waals surface area contributed by atoms with Gasteiger partial charge in [-0.25, -0.2) is 0 Å². The van der Waals surface area contributed by atoms with Gasteiger partial charge in [-0.05, 0) is 157 Å². The second kappa shape index (κ2) is 17.9. The van der Waals surface area contributed by atoms with Gasteiger partial charge in [0.15, 0.2) is 0 Å². The molecule has 0 radical (unpaired) electrons. The number of nitrogens with zero attached hydrogens (tertiary/aromatic N) is 4. The van der Waals surface area contributed by atoms with Crippen LogP contribution in [-0.2, 0) is 12.8 Å². The summed E-state index contributed by atoms with van der Waals surface area (Å²) < 4.78 is 4.78. The number of benzene rings is 9. The van der Waals surface area contributed by atoms with Crippen molar-refractivity contribution < 1.29 is 0 Å². The molecular weight excluding hydrogens is 837 g/mol. The van der Waals surface area contributed by atoms with E-state index < -0.39 is 0 Å². The molecule has 0 unspecified atom stereocenters. The summed E-state index contributed by atoms with van der Waals surface area (Å²) in [6.07, 6.45) is 13.9. The zero-order valence-corrected chi connectivity index (χ0v) is 39.0. The number of allylic oxidation sites excluding steroid dienone is 6. The highest BCUT2D eigenvalue weighted by molar-refractivity contribution is 6.12. The molecule has 332 valence electrons. The maximum absolute atomic E-state index is 2.41. The van der Waals surface area contributed by atoms with Crippen molar-refractivity contribution in [3.8, 4) is 16.8 Å². The quantitative estimate of drug-likeness (QED) is 0.129. The lowest BCUT2D eigenvalue weighted by Crippen LogP contribution is -2.10. The van der Waals surface area contributed by atoms with Gasteiger partial charge in [0, 0.05) is 67.1 Å². The Hall–Kier alpha value is -8.60. The Balaban J connectivity index is 0.912. The minimum atomic E-state index is 0.905. The standard InChI is InChI=1S/C65H52N4/c1-3-46-24-32-52(33-25-46)66(56-40-42-64-60(44-56)58-20-12-14-22-62(58)68(64)50-16-8-5-6-9-17-50)54-36-28-48(29-37-54)49-30-38-55(39-31-49)67(53-34-26-47(4-2)27-35-53)57-41-43-65-61(45-57)59-21-13-15-23-63(59)69(65)51-18-10-7-11-19-51/h5-8,10-45H,3-4,9H2,1-2H3. The van der Waals surface area contributed by atoms with Gasteiger partial charge in [0.1, 0.15) is 0 Å². The van der Waals surface area contributed by atoms with Crippen molar-refractivity contribution in [1.29, 1.82) is 0 Å². The molecule has 9 aromatic carbocycles. The molecule has 69 heavy (non-hydrogen) atoms. The second-order valence-corrected chi connectivity index (χ2v) is 17.9. The lowest BCUT2D eigenvalue weighted by molar-refractivity contribution is 1.14. The minimum absolute atomic E-state index is 0.905. The molecule has 2 heterocycles. The Morgan fingerprint density at radius 2 is 0.797 bits per heavy atom. The largest absolute Gasteiger partial charge is 0.310 e. The van der Waals surface area contributed by atoms with Gasteiger partial charge in [0.25, 0.3) is 0 Å². The van der Waals surface area contributed by atoms with Crippen LogP contribution in [0.3, 0.4) is 0 Å². The molecule has 4 heteroatoms. The number of fused-ring (bicyclic) bond motifs is 6. The fourth-order valence-electron chi connectivity index (χ4n) is 10.3. The predicted octanol–water partition coefficient (Wildman–Crippen LogP) is 18.0. The molecule has 1 aliphatic rings. The molecule has 0 N–H and O–H groups in total. The van der Waals surface area contributed by atoms with Crippen LogP contribution < -0.4 is 9.80 Å². The molecule has 0 fully saturated rings. The number of hydrogen-bond acceptors (Lipinski definition) is 2. The Morgan fingerprint density at radius 3 is 1.30 bits per heavy atom. The summed E-state index contributed by atoms with van der Waals surface area (Å²) in [5.41, 5.74) is 18.8. The molecule has 2 aromatic heterocycles. The average molecular weight is 889 g/mol. The number of aromatic nitrogens is 2. The number of anilines is 6. The highest BCUT2D eigenvalue weighted by atomic mass is 15.1. The van der Waals surface area contributed by atoms with E-state index in [4.69, 9.17) is 0 Å². The lowest BCUT2D eigenvalue weighted by atomic mass is 10.0. The molecular formula is C65H52N4. The van der Waals surface area contributed by atoms with Crippen LogP contribution in [0.2, 0.25) is 0 Å². The Kier molecular flexibility index (Phi) is 10.8. The van der Waals surface area contributed by atoms with Gasteiger partial charge in [-0.2, -0.15) is 0 Å². The summed E-state index contributed by atoms with van der Waals surface area (Å²) in [5, 5.41) is 4.94. The van der Waals surface area contributed by atoms with Crippen molar-refractivity contribution in [2.75, 3.05) is 9.80 Å². The van der Waals surface area contributed by atoms with E-state index >= 15 is 0 Å². The number of aryl methyl sites for hydroxylation is 2. The maximum Gasteiger partial charge on any atom is 0.0542 e. The third-order valence-electron chi connectivity index (χ3n) is 13.9. The highest BCUT2D eigenvalue weighted by Gasteiger charge is 2.20. The Labute approximate surface area is 404 Å². The highest BCUT2D eigenvalue weighted by Crippen LogP contribution is 2.43. The SMILES string of the molecule is CCc1ccc(N(c2ccc(-c3ccc(N(c4ccc(CC)cc4)c4ccc5c(c4)c4ccccc4n5-c4ccccc4)cc3)cc2)c2ccc3c(c2)c2ccccc2n3C2=CCC=CC=C2)cc1. The average Bonchev–Trinajstić information content (AvgIpc) is 3.77. The van der Waals surface area contributed by atoms with Gasteiger partial charge < -0.3 is 18.9 Å². The van der Waals surface area contributed by atoms with Crippen LogP contribution in [0.5, 0.6) is 0 Å². The van der Waals surface area contributed by atoms with Gasteiger partial charge in [-0.3, -0.25) is 0 Å². The first-order valence-corrected chi connectivity index (χ1v) is 24.3. The van der Waals surface area contributed by atoms with Gasteiger partial charge in [0.05, 0.1) is 22.1 Å². The molecule has 0 saturated carbocycles. The van der Waals surface area contributed by atoms with Crippen molar-refractivity contribution in [1.82, 2.24) is 9.13 Å². The van der Waals surface area contributed by atoms with Crippen LogP contribution in [-0.4, -0.2) is 9.13 Å². The fourth-order valence-corrected chi connectivity index (χ4v) is 10.3. The van der Waals surface area contributed by atoms with Crippen molar-refractivity contribution >= 4 is 83.4 Å². The molecule has 1 aliphatic carbocycles. The van der Waals surface area contributed by atoms with Crippen LogP contribution in [0, 0.1) is 0 Å². The first-order valence-electron chi connectivity index (χ1n) is 24.3. The topological polar surface area (TPSA) is 16.3 Å². The summed E-state index contributed by atoms with van der Waals surface area (Å²) in [5.74, 6) is 0. The van der Waals surface area contributed by atoms with E-state index in [1.807, 2.05) is 0 Å². The summed E-state index contributed by atoms with van der Waals surface area (Å²) in [7, 11) is 0. The van der Waals surface area contributed by atoms with Crippen LogP contribution in [0.4, 0.5) is 34.1 Å². The number of rotatable bonds is 11. The molecule has 0 spiro atoms. The molecule has 12 rings (SSSR count). The summed E-state index contributed by atoms with van der Waals surface area (Å²) >= 11 is 0. The van der Waals surface area contributed by atoms with Gasteiger partial charge >= 0.3 is 0 Å². The van der Waals surface area contributed by atoms with Gasteiger partial charge in [-0.1, -0.05) is 141 Å². The smallest absolute Gasteiger partial charge is 0.0542 e. The molecule has 0 aliphatic heterocycles. The first kappa shape index (κ1) is 41.8. The van der Waals surface area contributed by atoms with E-state index in [1.54, 1.807) is 0 Å². The molecule has 0 saturated heterocycles. The zero-order chi connectivity index (χ0) is 46.3. The van der Waals surface area contributed by atoms with E-state index in [-0.39, 0.29) is 0 Å². The van der Waals surface area contributed by atoms with Crippen molar-refractivity contribution in [2.24, 2.45) is 0 Å². The van der Waals surface area contributed by atoms with E-state index in [9.17, 15) is 0 Å². The summed E-state index contributed by atoms with van der Waals surface area (Å²) in [6.45, 7) is 4.42. The zero-order valence-electron chi connectivity index (χ0n) is 39.0. The number of para-hydroxylation sites is 3. The van der Waals surface area contributed by atoms with Crippen molar-refractivity contribution in [3.63, 3.8) is 0 Å². The molecule has 0 amide bonds. The maximum atomic E-state index is 2.41. The van der Waals surface area contributed by atoms with Crippen LogP contribution in [0.1, 0.15) is 31.4 Å². The monoisotopic (exact) mass is 888 g/mol. The molecule has 0 atom stereocenters. The van der Waals surface area contributed by atoms with E-state index in [0.29, 0.717) is 0 Å². The van der Waals surface area contributed by atoms with Gasteiger partial charge in [0.2, 0.25) is 0 Å². The first-order chi connectivity index (χ1) is 34.1. The van der Waals surface area contributed by atoms with Crippen molar-refractivity contribution in [3.05, 3.63) is 254 Å². The molecule has 0 bridgehead atoms. The van der Waals surface area contributed by atoms with E-state index in [1.165, 1.54) is 66.0 Å². The third-order valence-corrected chi connectivity index (χ3v) is 13.9. The third kappa shape index (κ3) is 7.61. The van der Waals surface area contributed by atoms with Crippen LogP contribution >= 0.6 is 0 Å². The summed E-state index contributed by atoms with van der Waals surface area (Å²) in [6, 6.07) is 78.2. The van der Waals surface area contributed by atoms with Gasteiger partial charge in [-0.15, -0.1) is 0 Å². The second-order valence-electron chi connectivity index (χ2n) is 17.9. The van der Waals surface area contributed by atoms with E-state index in [0.717, 1.165) is 64.6 Å². The predicted molar refractivity (Wildman–Crippen MR) is 295 cm³/mol. The Morgan fingerprint density at radius 1 is 0.377 bits per heavy atom. The Bertz CT molecular complexity index is 3740. The lowest BCUT2D eigenvalue weighted by Gasteiger charge is -2.27. The minimum Gasteiger partial charge on any atom is -0.310 e. The number of hydrogen-bond donors (Lipinski definition) is 0. The normalized spacial score (nSPS) is 12.5. The van der Waals surface area contributed by atoms with E-state index in [2.05, 4.69) is 275 Å². The fraction of sp³-hybridized carbons (Fsp3) is 0.0769. The molecule has 11 aromatic rings. The van der Waals surface area contributed by atoms with Crippen molar-refractivity contribution in [2.45, 2.75) is 33.1 Å².